The van der Waals surface area contributed by atoms with Crippen molar-refractivity contribution in [2.45, 2.75) is 0 Å². The summed E-state index contributed by atoms with van der Waals surface area (Å²) in [5.74, 6) is -0.0751. The van der Waals surface area contributed by atoms with Crippen LogP contribution >= 0.6 is 0 Å². The van der Waals surface area contributed by atoms with Crippen molar-refractivity contribution in [1.82, 2.24) is 0 Å². The highest BCUT2D eigenvalue weighted by molar-refractivity contribution is 6.34. The fraction of sp³-hybridized carbons (Fsp3) is 0.0625. The highest BCUT2D eigenvalue weighted by atomic mass is 19.1. The van der Waals surface area contributed by atoms with Gasteiger partial charge in [-0.3, -0.25) is 4.79 Å². The average Bonchev–Trinajstić information content (AvgIpc) is 2.77. The summed E-state index contributed by atoms with van der Waals surface area (Å²) in [6.45, 7) is 0. The van der Waals surface area contributed by atoms with Crippen LogP contribution in [0.5, 0.6) is 5.75 Å². The number of amides is 1. The first-order valence-corrected chi connectivity index (χ1v) is 6.15. The predicted octanol–water partition coefficient (Wildman–Crippen LogP) is 3.33. The Morgan fingerprint density at radius 2 is 2.00 bits per heavy atom. The predicted molar refractivity (Wildman–Crippen MR) is 75.9 cm³/mol. The Labute approximate surface area is 115 Å². The maximum Gasteiger partial charge on any atom is 0.256 e. The van der Waals surface area contributed by atoms with E-state index in [1.165, 1.54) is 13.2 Å². The van der Waals surface area contributed by atoms with E-state index in [0.717, 1.165) is 11.3 Å². The van der Waals surface area contributed by atoms with Crippen LogP contribution in [0.25, 0.3) is 11.6 Å². The first kappa shape index (κ1) is 12.4. The van der Waals surface area contributed by atoms with Gasteiger partial charge < -0.3 is 10.1 Å². The number of ether oxygens (including phenoxy) is 1. The topological polar surface area (TPSA) is 38.3 Å². The Hall–Kier alpha value is -2.62. The minimum absolute atomic E-state index is 0.228. The molecule has 0 saturated heterocycles. The van der Waals surface area contributed by atoms with Crippen LogP contribution in [0.4, 0.5) is 10.1 Å². The summed E-state index contributed by atoms with van der Waals surface area (Å²) in [4.78, 5) is 12.0. The number of anilines is 1. The maximum atomic E-state index is 13.8. The van der Waals surface area contributed by atoms with Gasteiger partial charge in [-0.15, -0.1) is 0 Å². The molecule has 1 heterocycles. The number of nitrogens with one attached hydrogen (secondary N) is 1. The quantitative estimate of drug-likeness (QED) is 0.849. The Bertz CT molecular complexity index is 722. The highest BCUT2D eigenvalue weighted by Crippen LogP contribution is 2.33. The number of methoxy groups -OCH3 is 1. The molecule has 1 amide bonds. The zero-order valence-electron chi connectivity index (χ0n) is 10.8. The summed E-state index contributed by atoms with van der Waals surface area (Å²) in [5, 5.41) is 2.75. The smallest absolute Gasteiger partial charge is 0.256 e. The van der Waals surface area contributed by atoms with Gasteiger partial charge in [-0.2, -0.15) is 0 Å². The zero-order chi connectivity index (χ0) is 14.1. The summed E-state index contributed by atoms with van der Waals surface area (Å²) < 4.78 is 18.9. The van der Waals surface area contributed by atoms with Crippen LogP contribution in [0.2, 0.25) is 0 Å². The number of fused-ring (bicyclic) bond motifs is 1. The van der Waals surface area contributed by atoms with Crippen LogP contribution in [0.1, 0.15) is 11.1 Å². The van der Waals surface area contributed by atoms with Gasteiger partial charge >= 0.3 is 0 Å². The second-order valence-electron chi connectivity index (χ2n) is 4.45. The van der Waals surface area contributed by atoms with Gasteiger partial charge in [0.05, 0.1) is 7.11 Å². The second kappa shape index (κ2) is 4.81. The van der Waals surface area contributed by atoms with Crippen molar-refractivity contribution < 1.29 is 13.9 Å². The SMILES string of the molecule is COc1ccc(F)c(/C=C2/C(=O)Nc3ccccc32)c1. The van der Waals surface area contributed by atoms with Crippen LogP contribution in [-0.2, 0) is 4.79 Å². The molecule has 0 radical (unpaired) electrons. The van der Waals surface area contributed by atoms with E-state index in [1.54, 1.807) is 18.2 Å². The van der Waals surface area contributed by atoms with Crippen molar-refractivity contribution in [2.75, 3.05) is 12.4 Å². The van der Waals surface area contributed by atoms with Crippen LogP contribution in [0.3, 0.4) is 0 Å². The number of carbonyl (C=O) groups excluding carboxylic acids is 1. The van der Waals surface area contributed by atoms with Crippen LogP contribution in [0.15, 0.2) is 42.5 Å². The van der Waals surface area contributed by atoms with E-state index in [1.807, 2.05) is 24.3 Å². The van der Waals surface area contributed by atoms with E-state index in [9.17, 15) is 9.18 Å². The Kier molecular flexibility index (Phi) is 2.99. The number of hydrogen-bond acceptors (Lipinski definition) is 2. The Balaban J connectivity index is 2.11. The van der Waals surface area contributed by atoms with Crippen molar-refractivity contribution in [3.05, 3.63) is 59.4 Å². The molecule has 0 bridgehead atoms. The molecule has 100 valence electrons. The molecule has 0 saturated carbocycles. The first-order chi connectivity index (χ1) is 9.69. The molecule has 0 fully saturated rings. The van der Waals surface area contributed by atoms with Gasteiger partial charge in [0.2, 0.25) is 0 Å². The number of para-hydroxylation sites is 1. The lowest BCUT2D eigenvalue weighted by molar-refractivity contribution is -0.110. The van der Waals surface area contributed by atoms with Crippen molar-refractivity contribution >= 4 is 23.2 Å². The van der Waals surface area contributed by atoms with E-state index in [0.29, 0.717) is 16.9 Å². The molecule has 1 N–H and O–H groups in total. The number of carbonyl (C=O) groups is 1. The molecule has 4 heteroatoms. The fourth-order valence-corrected chi connectivity index (χ4v) is 2.20. The van der Waals surface area contributed by atoms with Gasteiger partial charge in [-0.25, -0.2) is 4.39 Å². The molecule has 2 aromatic carbocycles. The van der Waals surface area contributed by atoms with Crippen molar-refractivity contribution in [2.24, 2.45) is 0 Å². The van der Waals surface area contributed by atoms with Gasteiger partial charge in [0.1, 0.15) is 11.6 Å². The van der Waals surface area contributed by atoms with E-state index >= 15 is 0 Å². The van der Waals surface area contributed by atoms with Gasteiger partial charge in [0.15, 0.2) is 0 Å². The summed E-state index contributed by atoms with van der Waals surface area (Å²) in [6, 6.07) is 11.8. The molecule has 0 aromatic heterocycles. The molecule has 3 nitrogen and oxygen atoms in total. The molecule has 3 rings (SSSR count). The largest absolute Gasteiger partial charge is 0.497 e. The third kappa shape index (κ3) is 2.05. The zero-order valence-corrected chi connectivity index (χ0v) is 10.8. The highest BCUT2D eigenvalue weighted by Gasteiger charge is 2.23. The van der Waals surface area contributed by atoms with Crippen molar-refractivity contribution in [3.8, 4) is 5.75 Å². The molecular formula is C16H12FNO2. The minimum Gasteiger partial charge on any atom is -0.497 e. The second-order valence-corrected chi connectivity index (χ2v) is 4.45. The number of hydrogen-bond donors (Lipinski definition) is 1. The Morgan fingerprint density at radius 3 is 2.80 bits per heavy atom. The monoisotopic (exact) mass is 269 g/mol. The number of halogens is 1. The third-order valence-corrected chi connectivity index (χ3v) is 3.21. The van der Waals surface area contributed by atoms with Gasteiger partial charge in [-0.05, 0) is 30.3 Å². The molecule has 0 atom stereocenters. The van der Waals surface area contributed by atoms with Crippen LogP contribution in [-0.4, -0.2) is 13.0 Å². The van der Waals surface area contributed by atoms with Crippen molar-refractivity contribution in [3.63, 3.8) is 0 Å². The van der Waals surface area contributed by atoms with Crippen LogP contribution < -0.4 is 10.1 Å². The van der Waals surface area contributed by atoms with Crippen molar-refractivity contribution in [1.29, 1.82) is 0 Å². The molecule has 20 heavy (non-hydrogen) atoms. The van der Waals surface area contributed by atoms with E-state index < -0.39 is 5.82 Å². The summed E-state index contributed by atoms with van der Waals surface area (Å²) in [7, 11) is 1.52. The molecular weight excluding hydrogens is 257 g/mol. The lowest BCUT2D eigenvalue weighted by Gasteiger charge is -2.03. The normalized spacial score (nSPS) is 15.1. The molecule has 1 aliphatic rings. The number of benzene rings is 2. The minimum atomic E-state index is -0.393. The van der Waals surface area contributed by atoms with E-state index in [4.69, 9.17) is 4.74 Å². The molecule has 0 unspecified atom stereocenters. The third-order valence-electron chi connectivity index (χ3n) is 3.21. The van der Waals surface area contributed by atoms with Gasteiger partial charge in [-0.1, -0.05) is 18.2 Å². The lowest BCUT2D eigenvalue weighted by atomic mass is 10.0. The summed E-state index contributed by atoms with van der Waals surface area (Å²) >= 11 is 0. The van der Waals surface area contributed by atoms with Gasteiger partial charge in [0, 0.05) is 22.4 Å². The average molecular weight is 269 g/mol. The maximum absolute atomic E-state index is 13.8. The van der Waals surface area contributed by atoms with E-state index in [2.05, 4.69) is 5.32 Å². The van der Waals surface area contributed by atoms with E-state index in [-0.39, 0.29) is 5.91 Å². The standard InChI is InChI=1S/C16H12FNO2/c1-20-11-6-7-14(17)10(8-11)9-13-12-4-2-3-5-15(12)18-16(13)19/h2-9H,1H3,(H,18,19)/b13-9+. The molecule has 2 aromatic rings. The van der Waals surface area contributed by atoms with Crippen LogP contribution in [0, 0.1) is 5.82 Å². The number of rotatable bonds is 2. The molecule has 1 aliphatic heterocycles. The fourth-order valence-electron chi connectivity index (χ4n) is 2.20. The molecule has 0 spiro atoms. The summed E-state index contributed by atoms with van der Waals surface area (Å²) in [6.07, 6.45) is 1.54. The summed E-state index contributed by atoms with van der Waals surface area (Å²) in [5.41, 5.74) is 2.30. The van der Waals surface area contributed by atoms with Gasteiger partial charge in [0.25, 0.3) is 5.91 Å². The first-order valence-electron chi connectivity index (χ1n) is 6.15. The lowest BCUT2D eigenvalue weighted by Crippen LogP contribution is -2.03. The Morgan fingerprint density at radius 1 is 1.20 bits per heavy atom. The molecule has 0 aliphatic carbocycles.